The van der Waals surface area contributed by atoms with Crippen molar-refractivity contribution in [3.63, 3.8) is 0 Å². The minimum atomic E-state index is -3.37. The minimum Gasteiger partial charge on any atom is -0.495 e. The number of aliphatic hydroxyl groups excluding tert-OH is 1. The summed E-state index contributed by atoms with van der Waals surface area (Å²) in [7, 11) is -1.94. The maximum Gasteiger partial charge on any atom is 0.179 e. The Bertz CT molecular complexity index is 465. The molecule has 5 heteroatoms. The summed E-state index contributed by atoms with van der Waals surface area (Å²) in [5.41, 5.74) is 0.587. The van der Waals surface area contributed by atoms with Crippen LogP contribution < -0.4 is 4.74 Å². The van der Waals surface area contributed by atoms with E-state index in [9.17, 15) is 8.42 Å². The van der Waals surface area contributed by atoms with E-state index in [1.807, 2.05) is 0 Å². The molecular formula is C11H16O4S. The van der Waals surface area contributed by atoms with Crippen molar-refractivity contribution in [3.8, 4) is 5.75 Å². The summed E-state index contributed by atoms with van der Waals surface area (Å²) in [4.78, 5) is 0.166. The maximum absolute atomic E-state index is 11.7. The maximum atomic E-state index is 11.7. The Morgan fingerprint density at radius 3 is 2.50 bits per heavy atom. The summed E-state index contributed by atoms with van der Waals surface area (Å²) in [6, 6.07) is 5.01. The van der Waals surface area contributed by atoms with E-state index in [4.69, 9.17) is 9.84 Å². The predicted molar refractivity (Wildman–Crippen MR) is 61.6 cm³/mol. The first kappa shape index (κ1) is 13.0. The molecule has 0 saturated carbocycles. The van der Waals surface area contributed by atoms with Gasteiger partial charge >= 0.3 is 0 Å². The van der Waals surface area contributed by atoms with Crippen molar-refractivity contribution < 1.29 is 18.3 Å². The van der Waals surface area contributed by atoms with E-state index >= 15 is 0 Å². The molecule has 0 aliphatic rings. The Balaban J connectivity index is 3.50. The molecule has 0 heterocycles. The molecule has 1 rings (SSSR count). The number of hydrogen-bond acceptors (Lipinski definition) is 4. The standard InChI is InChI=1S/C11H16O4S/c1-8(7-12)9-5-4-6-10(15-2)11(9)16(3,13)14/h4-6,8,12H,7H2,1-3H3. The minimum absolute atomic E-state index is 0.102. The molecule has 0 fully saturated rings. The average molecular weight is 244 g/mol. The van der Waals surface area contributed by atoms with E-state index in [0.29, 0.717) is 11.3 Å². The van der Waals surface area contributed by atoms with Crippen LogP contribution in [0.3, 0.4) is 0 Å². The Morgan fingerprint density at radius 2 is 2.06 bits per heavy atom. The van der Waals surface area contributed by atoms with E-state index in [-0.39, 0.29) is 17.4 Å². The fraction of sp³-hybridized carbons (Fsp3) is 0.455. The fourth-order valence-electron chi connectivity index (χ4n) is 1.58. The topological polar surface area (TPSA) is 63.6 Å². The van der Waals surface area contributed by atoms with Gasteiger partial charge in [-0.25, -0.2) is 8.42 Å². The van der Waals surface area contributed by atoms with Crippen molar-refractivity contribution in [1.29, 1.82) is 0 Å². The van der Waals surface area contributed by atoms with Gasteiger partial charge in [0.05, 0.1) is 7.11 Å². The summed E-state index contributed by atoms with van der Waals surface area (Å²) < 4.78 is 28.4. The molecule has 16 heavy (non-hydrogen) atoms. The van der Waals surface area contributed by atoms with Crippen LogP contribution in [0.4, 0.5) is 0 Å². The molecule has 0 saturated heterocycles. The molecule has 0 aliphatic heterocycles. The molecule has 0 amide bonds. The molecule has 0 bridgehead atoms. The molecule has 0 radical (unpaired) electrons. The molecule has 0 aliphatic carbocycles. The highest BCUT2D eigenvalue weighted by molar-refractivity contribution is 7.90. The summed E-state index contributed by atoms with van der Waals surface area (Å²) in [6.07, 6.45) is 1.14. The molecule has 4 nitrogen and oxygen atoms in total. The Hall–Kier alpha value is -1.07. The monoisotopic (exact) mass is 244 g/mol. The van der Waals surface area contributed by atoms with Gasteiger partial charge in [0, 0.05) is 18.8 Å². The van der Waals surface area contributed by atoms with Crippen molar-refractivity contribution in [2.45, 2.75) is 17.7 Å². The zero-order valence-corrected chi connectivity index (χ0v) is 10.4. The Labute approximate surface area is 95.8 Å². The van der Waals surface area contributed by atoms with Crippen LogP contribution in [0, 0.1) is 0 Å². The number of ether oxygens (including phenoxy) is 1. The molecule has 1 aromatic carbocycles. The highest BCUT2D eigenvalue weighted by Crippen LogP contribution is 2.31. The molecule has 1 atom stereocenters. The molecular weight excluding hydrogens is 228 g/mol. The smallest absolute Gasteiger partial charge is 0.179 e. The van der Waals surface area contributed by atoms with Crippen LogP contribution in [0.15, 0.2) is 23.1 Å². The molecule has 0 aromatic heterocycles. The lowest BCUT2D eigenvalue weighted by Gasteiger charge is -2.15. The van der Waals surface area contributed by atoms with Gasteiger partial charge < -0.3 is 9.84 Å². The molecule has 1 N–H and O–H groups in total. The van der Waals surface area contributed by atoms with Crippen LogP contribution in [0.25, 0.3) is 0 Å². The van der Waals surface area contributed by atoms with Crippen molar-refractivity contribution in [1.82, 2.24) is 0 Å². The number of sulfone groups is 1. The van der Waals surface area contributed by atoms with Gasteiger partial charge in [0.15, 0.2) is 9.84 Å². The highest BCUT2D eigenvalue weighted by Gasteiger charge is 2.21. The van der Waals surface area contributed by atoms with E-state index in [2.05, 4.69) is 0 Å². The quantitative estimate of drug-likeness (QED) is 0.864. The van der Waals surface area contributed by atoms with Gasteiger partial charge in [0.1, 0.15) is 10.6 Å². The second-order valence-electron chi connectivity index (χ2n) is 3.73. The van der Waals surface area contributed by atoms with E-state index in [1.54, 1.807) is 25.1 Å². The SMILES string of the molecule is COc1cccc(C(C)CO)c1S(C)(=O)=O. The summed E-state index contributed by atoms with van der Waals surface area (Å²) >= 11 is 0. The molecule has 1 unspecified atom stereocenters. The van der Waals surface area contributed by atoms with Crippen LogP contribution in [0.2, 0.25) is 0 Å². The van der Waals surface area contributed by atoms with Crippen LogP contribution >= 0.6 is 0 Å². The first-order chi connectivity index (χ1) is 7.41. The third kappa shape index (κ3) is 2.54. The van der Waals surface area contributed by atoms with E-state index < -0.39 is 9.84 Å². The van der Waals surface area contributed by atoms with Gasteiger partial charge in [-0.1, -0.05) is 19.1 Å². The van der Waals surface area contributed by atoms with Gasteiger partial charge in [0.2, 0.25) is 0 Å². The van der Waals surface area contributed by atoms with Crippen molar-refractivity contribution in [2.24, 2.45) is 0 Å². The zero-order valence-electron chi connectivity index (χ0n) is 9.60. The highest BCUT2D eigenvalue weighted by atomic mass is 32.2. The van der Waals surface area contributed by atoms with E-state index in [0.717, 1.165) is 6.26 Å². The predicted octanol–water partition coefficient (Wildman–Crippen LogP) is 1.19. The number of hydrogen-bond donors (Lipinski definition) is 1. The lowest BCUT2D eigenvalue weighted by molar-refractivity contribution is 0.271. The summed E-state index contributed by atoms with van der Waals surface area (Å²) in [6.45, 7) is 1.67. The number of benzene rings is 1. The van der Waals surface area contributed by atoms with Crippen molar-refractivity contribution in [3.05, 3.63) is 23.8 Å². The molecule has 0 spiro atoms. The van der Waals surface area contributed by atoms with Gasteiger partial charge in [-0.05, 0) is 11.6 Å². The third-order valence-corrected chi connectivity index (χ3v) is 3.58. The zero-order chi connectivity index (χ0) is 12.3. The van der Waals surface area contributed by atoms with Crippen LogP contribution in [0.5, 0.6) is 5.75 Å². The van der Waals surface area contributed by atoms with Gasteiger partial charge in [-0.3, -0.25) is 0 Å². The van der Waals surface area contributed by atoms with Crippen molar-refractivity contribution in [2.75, 3.05) is 20.0 Å². The fourth-order valence-corrected chi connectivity index (χ4v) is 2.79. The second-order valence-corrected chi connectivity index (χ2v) is 5.69. The largest absolute Gasteiger partial charge is 0.495 e. The first-order valence-electron chi connectivity index (χ1n) is 4.89. The van der Waals surface area contributed by atoms with Crippen LogP contribution in [-0.2, 0) is 9.84 Å². The summed E-state index contributed by atoms with van der Waals surface area (Å²) in [5, 5.41) is 9.11. The number of methoxy groups -OCH3 is 1. The first-order valence-corrected chi connectivity index (χ1v) is 6.78. The van der Waals surface area contributed by atoms with Gasteiger partial charge in [0.25, 0.3) is 0 Å². The molecule has 90 valence electrons. The molecule has 1 aromatic rings. The average Bonchev–Trinajstić information content (AvgIpc) is 2.25. The van der Waals surface area contributed by atoms with Gasteiger partial charge in [-0.2, -0.15) is 0 Å². The Morgan fingerprint density at radius 1 is 1.44 bits per heavy atom. The number of rotatable bonds is 4. The van der Waals surface area contributed by atoms with Crippen LogP contribution in [0.1, 0.15) is 18.4 Å². The Kier molecular flexibility index (Phi) is 3.93. The van der Waals surface area contributed by atoms with E-state index in [1.165, 1.54) is 7.11 Å². The van der Waals surface area contributed by atoms with Crippen LogP contribution in [-0.4, -0.2) is 33.5 Å². The normalized spacial score (nSPS) is 13.5. The number of aliphatic hydroxyl groups is 1. The second kappa shape index (κ2) is 4.84. The lowest BCUT2D eigenvalue weighted by atomic mass is 10.0. The summed E-state index contributed by atoms with van der Waals surface area (Å²) in [5.74, 6) is 0.0834. The van der Waals surface area contributed by atoms with Gasteiger partial charge in [-0.15, -0.1) is 0 Å². The third-order valence-electron chi connectivity index (χ3n) is 2.40. The lowest BCUT2D eigenvalue weighted by Crippen LogP contribution is -2.09. The van der Waals surface area contributed by atoms with Crippen molar-refractivity contribution >= 4 is 9.84 Å².